The van der Waals surface area contributed by atoms with Crippen LogP contribution >= 0.6 is 7.92 Å². The van der Waals surface area contributed by atoms with Crippen molar-refractivity contribution in [3.63, 3.8) is 0 Å². The first-order valence-corrected chi connectivity index (χ1v) is 12.4. The number of rotatable bonds is 6. The van der Waals surface area contributed by atoms with Crippen molar-refractivity contribution in [2.45, 2.75) is 65.9 Å². The Balaban J connectivity index is 1.99. The standard InChI is InChI=1S/C23H32BF2N2P/c1-8-14(2)9-20(19-12-27-28(13-19)23(25)26)22-15(3)10-18(11-24(22)6)21-16(4)29(7)17(21)5/h9-14,16,22-23H,8H2,1-7H3/b20-9-. The summed E-state index contributed by atoms with van der Waals surface area (Å²) < 4.78 is 27.0. The lowest BCUT2D eigenvalue weighted by Crippen LogP contribution is -2.25. The van der Waals surface area contributed by atoms with E-state index < -0.39 is 6.55 Å². The molecule has 0 aliphatic carbocycles. The van der Waals surface area contributed by atoms with Crippen molar-refractivity contribution in [3.05, 3.63) is 58.1 Å². The van der Waals surface area contributed by atoms with E-state index in [0.29, 0.717) is 18.3 Å². The lowest BCUT2D eigenvalue weighted by atomic mass is 9.37. The second-order valence-corrected chi connectivity index (χ2v) is 11.3. The third kappa shape index (κ3) is 4.21. The van der Waals surface area contributed by atoms with E-state index in [4.69, 9.17) is 0 Å². The van der Waals surface area contributed by atoms with Crippen molar-refractivity contribution in [2.24, 2.45) is 5.92 Å². The van der Waals surface area contributed by atoms with Gasteiger partial charge in [0, 0.05) is 17.4 Å². The maximum absolute atomic E-state index is 13.1. The molecule has 0 radical (unpaired) electrons. The summed E-state index contributed by atoms with van der Waals surface area (Å²) >= 11 is 0. The second-order valence-electron chi connectivity index (χ2n) is 8.63. The number of allylic oxidation sites excluding steroid dienone is 7. The summed E-state index contributed by atoms with van der Waals surface area (Å²) in [5, 5.41) is 5.45. The average molecular weight is 416 g/mol. The summed E-state index contributed by atoms with van der Waals surface area (Å²) in [5.74, 6) is 2.95. The third-order valence-electron chi connectivity index (χ3n) is 6.65. The molecular formula is C23H32BF2N2P. The van der Waals surface area contributed by atoms with Gasteiger partial charge in [-0.05, 0) is 54.3 Å². The molecule has 0 saturated carbocycles. The van der Waals surface area contributed by atoms with Crippen LogP contribution in [0.15, 0.2) is 52.6 Å². The zero-order valence-electron chi connectivity index (χ0n) is 18.6. The molecule has 4 atom stereocenters. The lowest BCUT2D eigenvalue weighted by Gasteiger charge is -2.40. The minimum absolute atomic E-state index is 0.00611. The average Bonchev–Trinajstić information content (AvgIpc) is 3.16. The molecule has 0 spiro atoms. The second kappa shape index (κ2) is 8.72. The van der Waals surface area contributed by atoms with Gasteiger partial charge in [-0.3, -0.25) is 0 Å². The Morgan fingerprint density at radius 1 is 1.38 bits per heavy atom. The highest BCUT2D eigenvalue weighted by molar-refractivity contribution is 7.64. The summed E-state index contributed by atoms with van der Waals surface area (Å²) in [6, 6.07) is 0. The Kier molecular flexibility index (Phi) is 6.68. The van der Waals surface area contributed by atoms with Gasteiger partial charge in [0.1, 0.15) is 0 Å². The minimum atomic E-state index is -2.61. The maximum Gasteiger partial charge on any atom is 0.333 e. The molecule has 156 valence electrons. The van der Waals surface area contributed by atoms with E-state index in [1.807, 2.05) is 0 Å². The summed E-state index contributed by atoms with van der Waals surface area (Å²) in [6.45, 7) is 13.4. The van der Waals surface area contributed by atoms with E-state index in [2.05, 4.69) is 71.3 Å². The topological polar surface area (TPSA) is 17.8 Å². The first kappa shape index (κ1) is 22.2. The Morgan fingerprint density at radius 2 is 2.07 bits per heavy atom. The van der Waals surface area contributed by atoms with Crippen LogP contribution in [0.25, 0.3) is 5.57 Å². The predicted octanol–water partition coefficient (Wildman–Crippen LogP) is 7.42. The van der Waals surface area contributed by atoms with E-state index in [0.717, 1.165) is 22.2 Å². The fourth-order valence-corrected chi connectivity index (χ4v) is 6.44. The maximum atomic E-state index is 13.1. The summed E-state index contributed by atoms with van der Waals surface area (Å²) in [5.41, 5.74) is 6.76. The van der Waals surface area contributed by atoms with Crippen LogP contribution < -0.4 is 0 Å². The quantitative estimate of drug-likeness (QED) is 0.349. The van der Waals surface area contributed by atoms with Crippen LogP contribution in [0.5, 0.6) is 0 Å². The highest BCUT2D eigenvalue weighted by atomic mass is 31.1. The molecule has 2 aliphatic rings. The van der Waals surface area contributed by atoms with Gasteiger partial charge in [-0.1, -0.05) is 59.7 Å². The van der Waals surface area contributed by atoms with Gasteiger partial charge >= 0.3 is 6.55 Å². The van der Waals surface area contributed by atoms with Crippen molar-refractivity contribution in [1.29, 1.82) is 0 Å². The van der Waals surface area contributed by atoms with Crippen LogP contribution in [0.3, 0.4) is 0 Å². The molecule has 0 aromatic carbocycles. The molecule has 0 N–H and O–H groups in total. The van der Waals surface area contributed by atoms with Gasteiger partial charge < -0.3 is 0 Å². The minimum Gasteiger partial charge on any atom is -0.211 e. The Bertz CT molecular complexity index is 896. The molecule has 0 fully saturated rings. The fraction of sp³-hybridized carbons (Fsp3) is 0.522. The first-order chi connectivity index (χ1) is 13.6. The van der Waals surface area contributed by atoms with E-state index in [-0.39, 0.29) is 13.7 Å². The summed E-state index contributed by atoms with van der Waals surface area (Å²) in [6.07, 6.45) is 8.67. The molecule has 1 aromatic heterocycles. The Hall–Kier alpha value is -1.48. The molecule has 0 amide bonds. The van der Waals surface area contributed by atoms with Crippen LogP contribution in [0.1, 0.15) is 53.2 Å². The molecular weight excluding hydrogens is 384 g/mol. The zero-order chi connectivity index (χ0) is 21.5. The summed E-state index contributed by atoms with van der Waals surface area (Å²) in [4.78, 5) is 0. The normalized spacial score (nSPS) is 26.5. The van der Waals surface area contributed by atoms with E-state index in [9.17, 15) is 8.78 Å². The molecule has 3 heterocycles. The highest BCUT2D eigenvalue weighted by Crippen LogP contribution is 2.62. The van der Waals surface area contributed by atoms with E-state index in [1.165, 1.54) is 22.9 Å². The van der Waals surface area contributed by atoms with Gasteiger partial charge in [0.2, 0.25) is 0 Å². The monoisotopic (exact) mass is 416 g/mol. The molecule has 2 aliphatic heterocycles. The number of hydrogen-bond acceptors (Lipinski definition) is 1. The molecule has 2 nitrogen and oxygen atoms in total. The smallest absolute Gasteiger partial charge is 0.211 e. The van der Waals surface area contributed by atoms with Crippen LogP contribution in [0.4, 0.5) is 8.78 Å². The highest BCUT2D eigenvalue weighted by Gasteiger charge is 2.36. The fourth-order valence-electron chi connectivity index (χ4n) is 4.63. The lowest BCUT2D eigenvalue weighted by molar-refractivity contribution is 0.0566. The SMILES string of the molecule is CCC(C)/C=C(/c1cnn(C(F)F)c1)C1B(C)C=C(C2=C(C)P(C)C2C)C=C1C. The van der Waals surface area contributed by atoms with Gasteiger partial charge in [0.15, 0.2) is 6.71 Å². The predicted molar refractivity (Wildman–Crippen MR) is 123 cm³/mol. The number of nitrogens with zero attached hydrogens (tertiary/aromatic N) is 2. The van der Waals surface area contributed by atoms with Crippen molar-refractivity contribution >= 4 is 20.2 Å². The third-order valence-corrected chi connectivity index (χ3v) is 9.37. The zero-order valence-corrected chi connectivity index (χ0v) is 19.5. The van der Waals surface area contributed by atoms with Gasteiger partial charge in [-0.2, -0.15) is 13.9 Å². The van der Waals surface area contributed by atoms with Crippen molar-refractivity contribution in [1.82, 2.24) is 9.78 Å². The van der Waals surface area contributed by atoms with Crippen LogP contribution in [0, 0.1) is 5.92 Å². The largest absolute Gasteiger partial charge is 0.333 e. The van der Waals surface area contributed by atoms with Gasteiger partial charge in [-0.15, -0.1) is 5.98 Å². The molecule has 0 bridgehead atoms. The molecule has 0 saturated heterocycles. The van der Waals surface area contributed by atoms with Gasteiger partial charge in [-0.25, -0.2) is 4.68 Å². The molecule has 6 heteroatoms. The van der Waals surface area contributed by atoms with Crippen LogP contribution in [0.2, 0.25) is 12.6 Å². The summed E-state index contributed by atoms with van der Waals surface area (Å²) in [7, 11) is 0.00611. The molecule has 3 rings (SSSR count). The number of hydrogen-bond donors (Lipinski definition) is 0. The van der Waals surface area contributed by atoms with Crippen molar-refractivity contribution in [2.75, 3.05) is 6.66 Å². The number of alkyl halides is 2. The first-order valence-electron chi connectivity index (χ1n) is 10.5. The van der Waals surface area contributed by atoms with Gasteiger partial charge in [0.05, 0.1) is 6.20 Å². The molecule has 4 unspecified atom stereocenters. The van der Waals surface area contributed by atoms with Gasteiger partial charge in [0.25, 0.3) is 0 Å². The Labute approximate surface area is 175 Å². The van der Waals surface area contributed by atoms with E-state index in [1.54, 1.807) is 11.5 Å². The van der Waals surface area contributed by atoms with Crippen molar-refractivity contribution < 1.29 is 8.78 Å². The van der Waals surface area contributed by atoms with Crippen LogP contribution in [-0.4, -0.2) is 28.8 Å². The van der Waals surface area contributed by atoms with Crippen LogP contribution in [-0.2, 0) is 0 Å². The van der Waals surface area contributed by atoms with Crippen molar-refractivity contribution in [3.8, 4) is 0 Å². The Morgan fingerprint density at radius 3 is 2.59 bits per heavy atom. The molecule has 29 heavy (non-hydrogen) atoms. The molecule has 1 aromatic rings. The van der Waals surface area contributed by atoms with E-state index >= 15 is 0 Å². The number of halogens is 2. The number of aromatic nitrogens is 2.